The summed E-state index contributed by atoms with van der Waals surface area (Å²) < 4.78 is 25.4. The first-order valence-electron chi connectivity index (χ1n) is 11.1. The van der Waals surface area contributed by atoms with Crippen LogP contribution in [-0.4, -0.2) is 47.5 Å². The molecular formula is C25H25FN4O3. The van der Waals surface area contributed by atoms with Gasteiger partial charge in [-0.05, 0) is 43.2 Å². The number of para-hydroxylation sites is 2. The zero-order chi connectivity index (χ0) is 22.8. The predicted octanol–water partition coefficient (Wildman–Crippen LogP) is 4.22. The fourth-order valence-electron chi connectivity index (χ4n) is 4.30. The molecule has 0 unspecified atom stereocenters. The van der Waals surface area contributed by atoms with E-state index >= 15 is 0 Å². The van der Waals surface area contributed by atoms with Crippen LogP contribution in [0.1, 0.15) is 34.5 Å². The Kier molecular flexibility index (Phi) is 5.81. The van der Waals surface area contributed by atoms with Gasteiger partial charge in [0, 0.05) is 31.6 Å². The minimum Gasteiger partial charge on any atom is -0.493 e. The van der Waals surface area contributed by atoms with E-state index in [1.54, 1.807) is 24.1 Å². The van der Waals surface area contributed by atoms with Crippen LogP contribution in [0.4, 0.5) is 10.3 Å². The molecule has 3 heterocycles. The van der Waals surface area contributed by atoms with Crippen LogP contribution < -0.4 is 14.4 Å². The van der Waals surface area contributed by atoms with E-state index in [4.69, 9.17) is 19.4 Å². The lowest BCUT2D eigenvalue weighted by molar-refractivity contribution is 0.0731. The molecule has 8 heteroatoms. The lowest BCUT2D eigenvalue weighted by atomic mass is 10.1. The first-order valence-corrected chi connectivity index (χ1v) is 11.1. The van der Waals surface area contributed by atoms with Gasteiger partial charge in [-0.2, -0.15) is 4.98 Å². The van der Waals surface area contributed by atoms with Crippen molar-refractivity contribution in [1.82, 2.24) is 14.9 Å². The molecule has 2 aliphatic rings. The minimum absolute atomic E-state index is 0.230. The van der Waals surface area contributed by atoms with Gasteiger partial charge in [0.15, 0.2) is 11.5 Å². The molecule has 0 radical (unpaired) electrons. The largest absolute Gasteiger partial charge is 0.493 e. The van der Waals surface area contributed by atoms with Crippen LogP contribution in [0.2, 0.25) is 0 Å². The summed E-state index contributed by atoms with van der Waals surface area (Å²) in [6.07, 6.45) is 2.79. The van der Waals surface area contributed by atoms with Crippen molar-refractivity contribution >= 4 is 11.9 Å². The molecule has 0 bridgehead atoms. The number of hydrogen-bond donors (Lipinski definition) is 0. The Morgan fingerprint density at radius 3 is 2.55 bits per heavy atom. The summed E-state index contributed by atoms with van der Waals surface area (Å²) >= 11 is 0. The number of aromatic nitrogens is 2. The van der Waals surface area contributed by atoms with E-state index in [0.29, 0.717) is 41.9 Å². The molecule has 2 aromatic carbocycles. The highest BCUT2D eigenvalue weighted by Gasteiger charge is 2.29. The number of nitrogens with zero attached hydrogens (tertiary/aromatic N) is 4. The molecule has 5 rings (SSSR count). The first-order chi connectivity index (χ1) is 16.1. The quantitative estimate of drug-likeness (QED) is 0.582. The Hall–Kier alpha value is -3.68. The van der Waals surface area contributed by atoms with Gasteiger partial charge in [0.05, 0.1) is 24.9 Å². The van der Waals surface area contributed by atoms with Gasteiger partial charge >= 0.3 is 0 Å². The molecule has 3 aromatic rings. The van der Waals surface area contributed by atoms with Crippen molar-refractivity contribution in [1.29, 1.82) is 0 Å². The number of hydrogen-bond acceptors (Lipinski definition) is 6. The van der Waals surface area contributed by atoms with Crippen molar-refractivity contribution in [2.45, 2.75) is 25.8 Å². The fourth-order valence-corrected chi connectivity index (χ4v) is 4.30. The summed E-state index contributed by atoms with van der Waals surface area (Å²) in [5, 5.41) is 0. The van der Waals surface area contributed by atoms with E-state index in [2.05, 4.69) is 4.90 Å². The third-order valence-electron chi connectivity index (χ3n) is 6.03. The van der Waals surface area contributed by atoms with Crippen LogP contribution >= 0.6 is 0 Å². The molecule has 1 saturated heterocycles. The van der Waals surface area contributed by atoms with Gasteiger partial charge in [0.2, 0.25) is 11.8 Å². The Morgan fingerprint density at radius 1 is 1.00 bits per heavy atom. The number of methoxy groups -OCH3 is 1. The highest BCUT2D eigenvalue weighted by atomic mass is 19.1. The third-order valence-corrected chi connectivity index (χ3v) is 6.03. The molecule has 7 nitrogen and oxygen atoms in total. The van der Waals surface area contributed by atoms with Crippen molar-refractivity contribution < 1.29 is 18.7 Å². The number of rotatable bonds is 5. The van der Waals surface area contributed by atoms with Gasteiger partial charge < -0.3 is 19.3 Å². The molecule has 1 fully saturated rings. The highest BCUT2D eigenvalue weighted by Crippen LogP contribution is 2.36. The molecule has 2 aliphatic heterocycles. The molecule has 170 valence electrons. The second-order valence-corrected chi connectivity index (χ2v) is 8.19. The zero-order valence-electron chi connectivity index (χ0n) is 18.5. The summed E-state index contributed by atoms with van der Waals surface area (Å²) in [6.45, 7) is 2.61. The fraction of sp³-hybridized carbons (Fsp3) is 0.320. The molecule has 1 aromatic heterocycles. The topological polar surface area (TPSA) is 67.8 Å². The number of ether oxygens (including phenoxy) is 2. The summed E-state index contributed by atoms with van der Waals surface area (Å²) in [7, 11) is 1.59. The molecule has 0 atom stereocenters. The van der Waals surface area contributed by atoms with E-state index < -0.39 is 5.82 Å². The average Bonchev–Trinajstić information content (AvgIpc) is 3.39. The summed E-state index contributed by atoms with van der Waals surface area (Å²) in [5.41, 5.74) is 1.96. The van der Waals surface area contributed by atoms with E-state index in [1.807, 2.05) is 24.3 Å². The van der Waals surface area contributed by atoms with Crippen molar-refractivity contribution in [2.24, 2.45) is 0 Å². The van der Waals surface area contributed by atoms with Crippen LogP contribution in [-0.2, 0) is 13.0 Å². The molecule has 0 saturated carbocycles. The molecule has 33 heavy (non-hydrogen) atoms. The SMILES string of the molecule is COc1ccccc1Oc1nc(N2CCCC2)nc2c1CN(C(=O)c1cccc(F)c1)CC2. The Labute approximate surface area is 191 Å². The Bertz CT molecular complexity index is 1180. The van der Waals surface area contributed by atoms with E-state index in [1.165, 1.54) is 12.1 Å². The number of halogens is 1. The van der Waals surface area contributed by atoms with Crippen LogP contribution in [0.5, 0.6) is 17.4 Å². The van der Waals surface area contributed by atoms with E-state index in [0.717, 1.165) is 37.2 Å². The Balaban J connectivity index is 1.50. The van der Waals surface area contributed by atoms with Crippen molar-refractivity contribution in [3.8, 4) is 17.4 Å². The number of carbonyl (C=O) groups is 1. The normalized spacial score (nSPS) is 15.3. The maximum absolute atomic E-state index is 13.7. The smallest absolute Gasteiger partial charge is 0.254 e. The Morgan fingerprint density at radius 2 is 1.79 bits per heavy atom. The number of amides is 1. The second kappa shape index (κ2) is 9.05. The van der Waals surface area contributed by atoms with Crippen molar-refractivity contribution in [2.75, 3.05) is 31.6 Å². The van der Waals surface area contributed by atoms with Gasteiger partial charge in [0.1, 0.15) is 5.82 Å². The standard InChI is InChI=1S/C25H25FN4O3/c1-32-21-9-2-3-10-22(21)33-23-19-16-30(24(31)17-7-6-8-18(26)15-17)14-11-20(19)27-25(28-23)29-12-4-5-13-29/h2-3,6-10,15H,4-5,11-14,16H2,1H3. The van der Waals surface area contributed by atoms with Crippen molar-refractivity contribution in [3.05, 3.63) is 71.2 Å². The van der Waals surface area contributed by atoms with E-state index in [9.17, 15) is 9.18 Å². The predicted molar refractivity (Wildman–Crippen MR) is 121 cm³/mol. The maximum Gasteiger partial charge on any atom is 0.254 e. The lowest BCUT2D eigenvalue weighted by Gasteiger charge is -2.30. The average molecular weight is 448 g/mol. The molecule has 1 amide bonds. The minimum atomic E-state index is -0.433. The number of benzene rings is 2. The van der Waals surface area contributed by atoms with E-state index in [-0.39, 0.29) is 12.5 Å². The molecule has 0 aliphatic carbocycles. The zero-order valence-corrected chi connectivity index (χ0v) is 18.5. The van der Waals surface area contributed by atoms with Gasteiger partial charge in [-0.25, -0.2) is 9.37 Å². The lowest BCUT2D eigenvalue weighted by Crippen LogP contribution is -2.37. The summed E-state index contributed by atoms with van der Waals surface area (Å²) in [6, 6.07) is 13.1. The molecule has 0 spiro atoms. The van der Waals surface area contributed by atoms with Gasteiger partial charge in [-0.15, -0.1) is 0 Å². The molecular weight excluding hydrogens is 423 g/mol. The van der Waals surface area contributed by atoms with Crippen molar-refractivity contribution in [3.63, 3.8) is 0 Å². The summed E-state index contributed by atoms with van der Waals surface area (Å²) in [5.74, 6) is 1.55. The number of carbonyl (C=O) groups excluding carboxylic acids is 1. The maximum atomic E-state index is 13.7. The first kappa shape index (κ1) is 21.2. The van der Waals surface area contributed by atoms with Gasteiger partial charge in [-0.3, -0.25) is 4.79 Å². The van der Waals surface area contributed by atoms with Crippen LogP contribution in [0.25, 0.3) is 0 Å². The second-order valence-electron chi connectivity index (χ2n) is 8.19. The third kappa shape index (κ3) is 4.33. The molecule has 0 N–H and O–H groups in total. The monoisotopic (exact) mass is 448 g/mol. The van der Waals surface area contributed by atoms with Gasteiger partial charge in [-0.1, -0.05) is 18.2 Å². The highest BCUT2D eigenvalue weighted by molar-refractivity contribution is 5.94. The summed E-state index contributed by atoms with van der Waals surface area (Å²) in [4.78, 5) is 26.5. The van der Waals surface area contributed by atoms with Crippen LogP contribution in [0, 0.1) is 5.82 Å². The number of anilines is 1. The van der Waals surface area contributed by atoms with Gasteiger partial charge in [0.25, 0.3) is 5.91 Å². The van der Waals surface area contributed by atoms with Crippen LogP contribution in [0.15, 0.2) is 48.5 Å². The number of fused-ring (bicyclic) bond motifs is 1. The van der Waals surface area contributed by atoms with Crippen LogP contribution in [0.3, 0.4) is 0 Å².